The molecule has 1 aliphatic rings. The number of aromatic nitrogens is 1. The van der Waals surface area contributed by atoms with Gasteiger partial charge in [-0.3, -0.25) is 9.79 Å². The summed E-state index contributed by atoms with van der Waals surface area (Å²) < 4.78 is 30.4. The second-order valence-electron chi connectivity index (χ2n) is 4.79. The van der Waals surface area contributed by atoms with Gasteiger partial charge in [0.15, 0.2) is 12.1 Å². The number of oxazole rings is 1. The van der Waals surface area contributed by atoms with Crippen LogP contribution in [-0.4, -0.2) is 35.1 Å². The van der Waals surface area contributed by atoms with Gasteiger partial charge in [-0.2, -0.15) is 0 Å². The molecule has 5 nitrogen and oxygen atoms in total. The Kier molecular flexibility index (Phi) is 4.82. The Morgan fingerprint density at radius 2 is 2.38 bits per heavy atom. The van der Waals surface area contributed by atoms with E-state index in [0.29, 0.717) is 19.5 Å². The molecule has 0 atom stereocenters. The average Bonchev–Trinajstić information content (AvgIpc) is 2.95. The molecule has 21 heavy (non-hydrogen) atoms. The zero-order valence-corrected chi connectivity index (χ0v) is 12.0. The van der Waals surface area contributed by atoms with Crippen molar-refractivity contribution >= 4 is 12.1 Å². The molecule has 0 aromatic carbocycles. The Hall–Kier alpha value is -2.05. The number of hydrogen-bond donors (Lipinski definition) is 0. The number of nitrogens with zero attached hydrogens (tertiary/aromatic N) is 3. The van der Waals surface area contributed by atoms with Gasteiger partial charge in [0.2, 0.25) is 5.76 Å². The topological polar surface area (TPSA) is 58.7 Å². The Labute approximate surface area is 121 Å². The van der Waals surface area contributed by atoms with Gasteiger partial charge in [-0.15, -0.1) is 0 Å². The van der Waals surface area contributed by atoms with Gasteiger partial charge in [-0.25, -0.2) is 13.8 Å². The predicted octanol–water partition coefficient (Wildman–Crippen LogP) is 3.21. The molecule has 0 bridgehead atoms. The van der Waals surface area contributed by atoms with Gasteiger partial charge in [-0.05, 0) is 25.3 Å². The standard InChI is InChI=1S/C14H17F2N3O2/c1-3-5-17-10-7-19(6-4-9(10)2)14(20)12-11(13(15)16)18-8-21-12/h5,8,13H,3-4,6-7H2,1-2H3. The quantitative estimate of drug-likeness (QED) is 0.802. The maximum atomic E-state index is 12.8. The van der Waals surface area contributed by atoms with E-state index in [0.717, 1.165) is 24.1 Å². The zero-order valence-electron chi connectivity index (χ0n) is 12.0. The highest BCUT2D eigenvalue weighted by atomic mass is 19.3. The van der Waals surface area contributed by atoms with Gasteiger partial charge in [0.1, 0.15) is 0 Å². The van der Waals surface area contributed by atoms with E-state index in [1.165, 1.54) is 4.90 Å². The molecular weight excluding hydrogens is 280 g/mol. The van der Waals surface area contributed by atoms with Crippen molar-refractivity contribution in [3.63, 3.8) is 0 Å². The summed E-state index contributed by atoms with van der Waals surface area (Å²) in [6, 6.07) is 0. The maximum Gasteiger partial charge on any atom is 0.292 e. The summed E-state index contributed by atoms with van der Waals surface area (Å²) in [6.45, 7) is 4.68. The molecule has 2 rings (SSSR count). The number of alkyl halides is 2. The van der Waals surface area contributed by atoms with E-state index in [-0.39, 0.29) is 5.76 Å². The van der Waals surface area contributed by atoms with Crippen LogP contribution in [0.25, 0.3) is 0 Å². The fraction of sp³-hybridized carbons (Fsp3) is 0.500. The minimum atomic E-state index is -2.83. The molecule has 1 amide bonds. The van der Waals surface area contributed by atoms with Crippen LogP contribution < -0.4 is 0 Å². The average molecular weight is 297 g/mol. The molecule has 1 aromatic heterocycles. The fourth-order valence-corrected chi connectivity index (χ4v) is 2.08. The highest BCUT2D eigenvalue weighted by Gasteiger charge is 2.29. The first-order valence-electron chi connectivity index (χ1n) is 6.76. The summed E-state index contributed by atoms with van der Waals surface area (Å²) >= 11 is 0. The van der Waals surface area contributed by atoms with Crippen molar-refractivity contribution in [3.8, 4) is 0 Å². The maximum absolute atomic E-state index is 12.8. The Morgan fingerprint density at radius 1 is 1.62 bits per heavy atom. The minimum Gasteiger partial charge on any atom is -0.438 e. The molecular formula is C14H17F2N3O2. The van der Waals surface area contributed by atoms with Gasteiger partial charge >= 0.3 is 0 Å². The molecule has 0 radical (unpaired) electrons. The lowest BCUT2D eigenvalue weighted by molar-refractivity contribution is 0.0715. The summed E-state index contributed by atoms with van der Waals surface area (Å²) in [7, 11) is 0. The number of hydrogen-bond acceptors (Lipinski definition) is 4. The second kappa shape index (κ2) is 6.60. The first-order valence-corrected chi connectivity index (χ1v) is 6.76. The third kappa shape index (κ3) is 3.34. The third-order valence-corrected chi connectivity index (χ3v) is 3.30. The van der Waals surface area contributed by atoms with E-state index in [9.17, 15) is 13.6 Å². The van der Waals surface area contributed by atoms with Crippen molar-refractivity contribution in [1.82, 2.24) is 9.88 Å². The number of carbonyl (C=O) groups excluding carboxylic acids is 1. The predicted molar refractivity (Wildman–Crippen MR) is 73.5 cm³/mol. The molecule has 7 heteroatoms. The molecule has 1 aliphatic heterocycles. The van der Waals surface area contributed by atoms with E-state index >= 15 is 0 Å². The lowest BCUT2D eigenvalue weighted by Gasteiger charge is -2.27. The first kappa shape index (κ1) is 15.3. The van der Waals surface area contributed by atoms with Crippen LogP contribution in [0, 0.1) is 0 Å². The number of rotatable bonds is 4. The van der Waals surface area contributed by atoms with Crippen molar-refractivity contribution in [2.45, 2.75) is 33.1 Å². The molecule has 0 aliphatic carbocycles. The van der Waals surface area contributed by atoms with E-state index in [1.54, 1.807) is 6.21 Å². The Morgan fingerprint density at radius 3 is 3.05 bits per heavy atom. The van der Waals surface area contributed by atoms with Crippen LogP contribution in [0.3, 0.4) is 0 Å². The molecule has 0 spiro atoms. The van der Waals surface area contributed by atoms with Crippen LogP contribution in [0.5, 0.6) is 0 Å². The number of amides is 1. The van der Waals surface area contributed by atoms with Crippen LogP contribution in [0.2, 0.25) is 0 Å². The van der Waals surface area contributed by atoms with Crippen LogP contribution in [0.4, 0.5) is 8.78 Å². The van der Waals surface area contributed by atoms with Crippen molar-refractivity contribution in [2.75, 3.05) is 13.1 Å². The van der Waals surface area contributed by atoms with E-state index in [4.69, 9.17) is 4.42 Å². The van der Waals surface area contributed by atoms with Crippen LogP contribution >= 0.6 is 0 Å². The van der Waals surface area contributed by atoms with Crippen molar-refractivity contribution in [3.05, 3.63) is 29.1 Å². The summed E-state index contributed by atoms with van der Waals surface area (Å²) in [5.74, 6) is -0.956. The molecule has 0 fully saturated rings. The molecule has 0 saturated carbocycles. The second-order valence-corrected chi connectivity index (χ2v) is 4.79. The van der Waals surface area contributed by atoms with Crippen molar-refractivity contribution in [1.29, 1.82) is 0 Å². The van der Waals surface area contributed by atoms with Gasteiger partial charge in [-0.1, -0.05) is 6.92 Å². The zero-order chi connectivity index (χ0) is 15.4. The molecule has 114 valence electrons. The van der Waals surface area contributed by atoms with E-state index in [2.05, 4.69) is 9.98 Å². The smallest absolute Gasteiger partial charge is 0.292 e. The van der Waals surface area contributed by atoms with E-state index in [1.807, 2.05) is 13.8 Å². The molecule has 0 N–H and O–H groups in total. The van der Waals surface area contributed by atoms with Crippen molar-refractivity contribution < 1.29 is 18.0 Å². The van der Waals surface area contributed by atoms with Crippen molar-refractivity contribution in [2.24, 2.45) is 4.99 Å². The lowest BCUT2D eigenvalue weighted by Crippen LogP contribution is -2.37. The number of halogens is 2. The largest absolute Gasteiger partial charge is 0.438 e. The van der Waals surface area contributed by atoms with Gasteiger partial charge in [0.25, 0.3) is 12.3 Å². The molecule has 1 aromatic rings. The molecule has 2 heterocycles. The third-order valence-electron chi connectivity index (χ3n) is 3.30. The highest BCUT2D eigenvalue weighted by molar-refractivity contribution is 5.92. The van der Waals surface area contributed by atoms with Crippen LogP contribution in [0.15, 0.2) is 27.1 Å². The van der Waals surface area contributed by atoms with Gasteiger partial charge in [0, 0.05) is 12.8 Å². The fourth-order valence-electron chi connectivity index (χ4n) is 2.08. The highest BCUT2D eigenvalue weighted by Crippen LogP contribution is 2.25. The minimum absolute atomic E-state index is 0.296. The SMILES string of the molecule is CCC=NC1=C(C)CCN(C(=O)c2ocnc2C(F)F)C1. The summed E-state index contributed by atoms with van der Waals surface area (Å²) in [6.07, 6.45) is 1.27. The Bertz CT molecular complexity index is 579. The number of carbonyl (C=O) groups is 1. The van der Waals surface area contributed by atoms with E-state index < -0.39 is 18.0 Å². The summed E-state index contributed by atoms with van der Waals surface area (Å²) in [5, 5.41) is 0. The Balaban J connectivity index is 2.18. The van der Waals surface area contributed by atoms with Gasteiger partial charge < -0.3 is 9.32 Å². The summed E-state index contributed by atoms with van der Waals surface area (Å²) in [4.78, 5) is 21.5. The first-order chi connectivity index (χ1) is 10.0. The molecule has 0 saturated heterocycles. The van der Waals surface area contributed by atoms with Crippen LogP contribution in [-0.2, 0) is 0 Å². The lowest BCUT2D eigenvalue weighted by atomic mass is 10.1. The number of aliphatic imine (C=N–C) groups is 1. The normalized spacial score (nSPS) is 16.3. The monoisotopic (exact) mass is 297 g/mol. The molecule has 0 unspecified atom stereocenters. The van der Waals surface area contributed by atoms with Gasteiger partial charge in [0.05, 0.1) is 12.2 Å². The van der Waals surface area contributed by atoms with Crippen LogP contribution in [0.1, 0.15) is 49.4 Å². The summed E-state index contributed by atoms with van der Waals surface area (Å²) in [5.41, 5.74) is 1.30.